The second-order valence-electron chi connectivity index (χ2n) is 13.1. The number of carbonyl (C=O) groups is 1. The summed E-state index contributed by atoms with van der Waals surface area (Å²) in [5, 5.41) is 15.6. The fraction of sp³-hybridized carbons (Fsp3) is 0.793. The quantitative estimate of drug-likeness (QED) is 0.589. The van der Waals surface area contributed by atoms with Crippen LogP contribution in [-0.4, -0.2) is 28.7 Å². The number of hydrogen-bond donors (Lipinski definition) is 3. The van der Waals surface area contributed by atoms with Crippen molar-refractivity contribution in [2.24, 2.45) is 40.2 Å². The van der Waals surface area contributed by atoms with E-state index >= 15 is 0 Å². The molecule has 1 heterocycles. The highest BCUT2D eigenvalue weighted by Gasteiger charge is 2.67. The van der Waals surface area contributed by atoms with Crippen molar-refractivity contribution in [1.29, 1.82) is 0 Å². The van der Waals surface area contributed by atoms with Crippen molar-refractivity contribution < 1.29 is 14.3 Å². The van der Waals surface area contributed by atoms with Gasteiger partial charge in [-0.2, -0.15) is 0 Å². The zero-order valence-electron chi connectivity index (χ0n) is 21.9. The summed E-state index contributed by atoms with van der Waals surface area (Å²) in [6.07, 6.45) is 10.8. The third kappa shape index (κ3) is 3.81. The van der Waals surface area contributed by atoms with Crippen molar-refractivity contribution in [3.05, 3.63) is 34.4 Å². The van der Waals surface area contributed by atoms with Gasteiger partial charge in [-0.25, -0.2) is 4.79 Å². The Morgan fingerprint density at radius 2 is 1.86 bits per heavy atom. The van der Waals surface area contributed by atoms with Gasteiger partial charge in [0.05, 0.1) is 17.9 Å². The normalized spacial score (nSPS) is 43.7. The van der Waals surface area contributed by atoms with Crippen LogP contribution in [0.1, 0.15) is 97.0 Å². The van der Waals surface area contributed by atoms with Crippen molar-refractivity contribution >= 4 is 5.91 Å². The maximum Gasteiger partial charge on any atom is 0.335 e. The van der Waals surface area contributed by atoms with Crippen LogP contribution < -0.4 is 16.7 Å². The van der Waals surface area contributed by atoms with Gasteiger partial charge in [-0.05, 0) is 104 Å². The minimum Gasteiger partial charge on any atom is -0.431 e. The van der Waals surface area contributed by atoms with E-state index < -0.39 is 11.6 Å². The summed E-state index contributed by atoms with van der Waals surface area (Å²) < 4.78 is 5.21. The highest BCUT2D eigenvalue weighted by molar-refractivity contribution is 5.82. The third-order valence-electron chi connectivity index (χ3n) is 11.3. The molecule has 194 valence electrons. The van der Waals surface area contributed by atoms with E-state index in [2.05, 4.69) is 19.2 Å². The molecule has 6 heteroatoms. The lowest BCUT2D eigenvalue weighted by Crippen LogP contribution is -2.62. The first kappa shape index (κ1) is 25.0. The van der Waals surface area contributed by atoms with Gasteiger partial charge < -0.3 is 20.6 Å². The standard InChI is InChI=1S/C29H44N2O4/c1-17(2)25(30)26(33)31-20-9-12-27(3)19(15-20)6-7-23-22(27)10-13-28(4)21(11-14-29(23,28)34)18-5-8-24(32)35-16-18/h5,8,16-17,19-23,25,34H,6-7,9-15,30H2,1-4H3,(H,31,33)/t19-,20+,21-,22+,23-,25+,27+,28-,29+/m1/s1. The van der Waals surface area contributed by atoms with Crippen LogP contribution in [0.3, 0.4) is 0 Å². The summed E-state index contributed by atoms with van der Waals surface area (Å²) in [4.78, 5) is 24.1. The summed E-state index contributed by atoms with van der Waals surface area (Å²) in [6.45, 7) is 8.74. The van der Waals surface area contributed by atoms with E-state index in [1.165, 1.54) is 6.07 Å². The topological polar surface area (TPSA) is 106 Å². The molecule has 0 bridgehead atoms. The van der Waals surface area contributed by atoms with Gasteiger partial charge in [-0.3, -0.25) is 4.79 Å². The van der Waals surface area contributed by atoms with Crippen molar-refractivity contribution in [3.63, 3.8) is 0 Å². The van der Waals surface area contributed by atoms with Gasteiger partial charge in [0.15, 0.2) is 0 Å². The summed E-state index contributed by atoms with van der Waals surface area (Å²) >= 11 is 0. The number of nitrogens with one attached hydrogen (secondary N) is 1. The fourth-order valence-electron chi connectivity index (χ4n) is 9.06. The number of aliphatic hydroxyl groups is 1. The van der Waals surface area contributed by atoms with Crippen molar-refractivity contribution in [2.75, 3.05) is 0 Å². The SMILES string of the molecule is CC(C)[C@H](N)C(=O)N[C@H]1CC[C@@]2(C)[C@H](CC[C@@H]3[C@@H]2CC[C@]2(C)[C@@H](c4ccc(=O)oc4)CC[C@]32O)C1. The smallest absolute Gasteiger partial charge is 0.335 e. The Kier molecular flexibility index (Phi) is 6.23. The summed E-state index contributed by atoms with van der Waals surface area (Å²) in [5.41, 5.74) is 6.16. The Hall–Kier alpha value is -1.66. The predicted molar refractivity (Wildman–Crippen MR) is 136 cm³/mol. The molecule has 4 saturated carbocycles. The first-order valence-electron chi connectivity index (χ1n) is 13.9. The molecular weight excluding hydrogens is 440 g/mol. The first-order chi connectivity index (χ1) is 16.5. The van der Waals surface area contributed by atoms with Crippen LogP contribution in [0, 0.1) is 34.5 Å². The number of fused-ring (bicyclic) bond motifs is 5. The number of nitrogens with two attached hydrogens (primary N) is 1. The Morgan fingerprint density at radius 3 is 2.54 bits per heavy atom. The molecule has 4 aliphatic carbocycles. The van der Waals surface area contributed by atoms with E-state index in [1.54, 1.807) is 6.26 Å². The Morgan fingerprint density at radius 1 is 1.09 bits per heavy atom. The van der Waals surface area contributed by atoms with Crippen LogP contribution in [0.5, 0.6) is 0 Å². The molecule has 35 heavy (non-hydrogen) atoms. The maximum absolute atomic E-state index is 12.6. The molecule has 9 atom stereocenters. The fourth-order valence-corrected chi connectivity index (χ4v) is 9.06. The molecule has 5 rings (SSSR count). The molecule has 1 aromatic rings. The average molecular weight is 485 g/mol. The number of rotatable bonds is 4. The van der Waals surface area contributed by atoms with Gasteiger partial charge >= 0.3 is 5.63 Å². The van der Waals surface area contributed by atoms with Crippen LogP contribution in [0.25, 0.3) is 0 Å². The average Bonchev–Trinajstić information content (AvgIpc) is 3.10. The van der Waals surface area contributed by atoms with E-state index in [9.17, 15) is 14.7 Å². The largest absolute Gasteiger partial charge is 0.431 e. The second kappa shape index (κ2) is 8.72. The Bertz CT molecular complexity index is 1000. The predicted octanol–water partition coefficient (Wildman–Crippen LogP) is 4.35. The lowest BCUT2D eigenvalue weighted by Gasteiger charge is -2.63. The molecular formula is C29H44N2O4. The number of amides is 1. The Labute approximate surface area is 209 Å². The third-order valence-corrected chi connectivity index (χ3v) is 11.3. The molecule has 0 saturated heterocycles. The summed E-state index contributed by atoms with van der Waals surface area (Å²) in [7, 11) is 0. The van der Waals surface area contributed by atoms with Crippen LogP contribution in [-0.2, 0) is 4.79 Å². The highest BCUT2D eigenvalue weighted by Crippen LogP contribution is 2.70. The zero-order valence-corrected chi connectivity index (χ0v) is 21.9. The molecule has 0 spiro atoms. The minimum absolute atomic E-state index is 0.0150. The first-order valence-corrected chi connectivity index (χ1v) is 13.9. The molecule has 6 nitrogen and oxygen atoms in total. The van der Waals surface area contributed by atoms with Crippen LogP contribution in [0.4, 0.5) is 0 Å². The zero-order chi connectivity index (χ0) is 25.2. The molecule has 0 radical (unpaired) electrons. The maximum atomic E-state index is 12.6. The molecule has 0 unspecified atom stereocenters. The van der Waals surface area contributed by atoms with E-state index in [0.29, 0.717) is 17.8 Å². The number of hydrogen-bond acceptors (Lipinski definition) is 5. The van der Waals surface area contributed by atoms with Crippen molar-refractivity contribution in [3.8, 4) is 0 Å². The molecule has 1 aromatic heterocycles. The van der Waals surface area contributed by atoms with E-state index in [4.69, 9.17) is 10.2 Å². The van der Waals surface area contributed by atoms with E-state index in [0.717, 1.165) is 63.4 Å². The van der Waals surface area contributed by atoms with Gasteiger partial charge in [0, 0.05) is 17.5 Å². The molecule has 4 aliphatic rings. The number of carbonyl (C=O) groups excluding carboxylic acids is 1. The van der Waals surface area contributed by atoms with Gasteiger partial charge in [-0.15, -0.1) is 0 Å². The molecule has 0 aliphatic heterocycles. The second-order valence-corrected chi connectivity index (χ2v) is 13.1. The van der Waals surface area contributed by atoms with Gasteiger partial charge in [0.2, 0.25) is 5.91 Å². The lowest BCUT2D eigenvalue weighted by atomic mass is 9.43. The van der Waals surface area contributed by atoms with Crippen LogP contribution in [0.15, 0.2) is 27.6 Å². The minimum atomic E-state index is -0.681. The molecule has 4 N–H and O–H groups in total. The lowest BCUT2D eigenvalue weighted by molar-refractivity contribution is -0.202. The summed E-state index contributed by atoms with van der Waals surface area (Å²) in [6, 6.07) is 3.18. The molecule has 1 amide bonds. The van der Waals surface area contributed by atoms with Gasteiger partial charge in [0.25, 0.3) is 0 Å². The van der Waals surface area contributed by atoms with Gasteiger partial charge in [-0.1, -0.05) is 27.7 Å². The molecule has 4 fully saturated rings. The van der Waals surface area contributed by atoms with Crippen LogP contribution >= 0.6 is 0 Å². The van der Waals surface area contributed by atoms with Crippen LogP contribution in [0.2, 0.25) is 0 Å². The highest BCUT2D eigenvalue weighted by atomic mass is 16.4. The molecule has 0 aromatic carbocycles. The summed E-state index contributed by atoms with van der Waals surface area (Å²) in [5.74, 6) is 1.74. The monoisotopic (exact) mass is 484 g/mol. The van der Waals surface area contributed by atoms with Gasteiger partial charge in [0.1, 0.15) is 0 Å². The van der Waals surface area contributed by atoms with E-state index in [1.807, 2.05) is 19.9 Å². The van der Waals surface area contributed by atoms with Crippen molar-refractivity contribution in [1.82, 2.24) is 5.32 Å². The van der Waals surface area contributed by atoms with Crippen molar-refractivity contribution in [2.45, 2.75) is 109 Å². The Balaban J connectivity index is 1.33. The van der Waals surface area contributed by atoms with E-state index in [-0.39, 0.29) is 40.2 Å².